The number of carbonyl (C=O) groups is 2. The molecule has 0 spiro atoms. The molecule has 2 rings (SSSR count). The lowest BCUT2D eigenvalue weighted by Crippen LogP contribution is -2.44. The van der Waals surface area contributed by atoms with Crippen molar-refractivity contribution >= 4 is 23.8 Å². The monoisotopic (exact) mass is 375 g/mol. The summed E-state index contributed by atoms with van der Waals surface area (Å²) in [5.41, 5.74) is -0.103. The Morgan fingerprint density at radius 3 is 2.37 bits per heavy atom. The van der Waals surface area contributed by atoms with Crippen LogP contribution in [-0.4, -0.2) is 54.2 Å². The van der Waals surface area contributed by atoms with Crippen molar-refractivity contribution in [2.75, 3.05) is 5.32 Å². The molecule has 144 valence electrons. The Hall–Kier alpha value is -3.37. The number of anilines is 2. The van der Waals surface area contributed by atoms with E-state index in [-0.39, 0.29) is 12.4 Å². The molecular weight excluding hydrogens is 354 g/mol. The van der Waals surface area contributed by atoms with Gasteiger partial charge in [0.15, 0.2) is 5.82 Å². The Kier molecular flexibility index (Phi) is 6.16. The van der Waals surface area contributed by atoms with Crippen molar-refractivity contribution in [3.63, 3.8) is 0 Å². The molecule has 0 aliphatic carbocycles. The molecule has 0 saturated carbocycles. The molecule has 2 heterocycles. The number of aryl methyl sites for hydroxylation is 1. The van der Waals surface area contributed by atoms with E-state index >= 15 is 0 Å². The van der Waals surface area contributed by atoms with Gasteiger partial charge >= 0.3 is 12.1 Å². The lowest BCUT2D eigenvalue weighted by molar-refractivity contribution is -0.139. The third-order valence-electron chi connectivity index (χ3n) is 3.07. The zero-order valence-corrected chi connectivity index (χ0v) is 15.4. The van der Waals surface area contributed by atoms with Crippen LogP contribution < -0.4 is 10.6 Å². The number of alkyl carbamates (subject to hydrolysis) is 1. The lowest BCUT2D eigenvalue weighted by Gasteiger charge is -2.22. The highest BCUT2D eigenvalue weighted by molar-refractivity contribution is 5.80. The van der Waals surface area contributed by atoms with E-state index in [0.29, 0.717) is 17.2 Å². The molecule has 11 nitrogen and oxygen atoms in total. The summed E-state index contributed by atoms with van der Waals surface area (Å²) in [6, 6.07) is 2.16. The number of nitrogens with zero attached hydrogens (tertiary/aromatic N) is 5. The maximum absolute atomic E-state index is 11.8. The van der Waals surface area contributed by atoms with E-state index in [1.807, 2.05) is 0 Å². The number of amides is 1. The SMILES string of the molecule is Cc1nnc(Nc2ccc(CC(NC(=O)OC(C)(C)C)C(=O)O)cn2)nn1. The second kappa shape index (κ2) is 8.34. The second-order valence-electron chi connectivity index (χ2n) is 6.69. The summed E-state index contributed by atoms with van der Waals surface area (Å²) in [6.45, 7) is 6.75. The number of carbonyl (C=O) groups excluding carboxylic acids is 1. The summed E-state index contributed by atoms with van der Waals surface area (Å²) < 4.78 is 5.09. The molecule has 11 heteroatoms. The van der Waals surface area contributed by atoms with Crippen LogP contribution in [0.15, 0.2) is 18.3 Å². The van der Waals surface area contributed by atoms with E-state index in [0.717, 1.165) is 0 Å². The number of carboxylic acid groups (broad SMARTS) is 1. The first-order valence-electron chi connectivity index (χ1n) is 8.10. The van der Waals surface area contributed by atoms with Gasteiger partial charge in [0, 0.05) is 12.6 Å². The number of ether oxygens (including phenoxy) is 1. The minimum atomic E-state index is -1.17. The zero-order chi connectivity index (χ0) is 20.0. The first-order valence-corrected chi connectivity index (χ1v) is 8.10. The van der Waals surface area contributed by atoms with E-state index in [1.165, 1.54) is 6.20 Å². The zero-order valence-electron chi connectivity index (χ0n) is 15.4. The van der Waals surface area contributed by atoms with E-state index in [2.05, 4.69) is 36.0 Å². The number of hydrogen-bond acceptors (Lipinski definition) is 9. The molecule has 1 unspecified atom stereocenters. The van der Waals surface area contributed by atoms with Gasteiger partial charge in [0.1, 0.15) is 17.5 Å². The van der Waals surface area contributed by atoms with Gasteiger partial charge in [0.05, 0.1) is 0 Å². The van der Waals surface area contributed by atoms with Gasteiger partial charge in [0.2, 0.25) is 0 Å². The summed E-state index contributed by atoms with van der Waals surface area (Å²) in [7, 11) is 0. The third-order valence-corrected chi connectivity index (χ3v) is 3.07. The number of nitrogens with one attached hydrogen (secondary N) is 2. The highest BCUT2D eigenvalue weighted by Crippen LogP contribution is 2.12. The summed E-state index contributed by atoms with van der Waals surface area (Å²) in [4.78, 5) is 27.4. The fourth-order valence-corrected chi connectivity index (χ4v) is 1.95. The molecule has 2 aromatic heterocycles. The molecule has 1 atom stereocenters. The predicted octanol–water partition coefficient (Wildman–Crippen LogP) is 1.23. The molecule has 0 fully saturated rings. The van der Waals surface area contributed by atoms with Crippen LogP contribution in [0.5, 0.6) is 0 Å². The van der Waals surface area contributed by atoms with Gasteiger partial charge in [-0.05, 0) is 39.3 Å². The number of hydrogen-bond donors (Lipinski definition) is 3. The van der Waals surface area contributed by atoms with Crippen LogP contribution in [0.1, 0.15) is 32.2 Å². The molecule has 1 amide bonds. The maximum Gasteiger partial charge on any atom is 0.408 e. The summed E-state index contributed by atoms with van der Waals surface area (Å²) in [6.07, 6.45) is 0.744. The van der Waals surface area contributed by atoms with Crippen molar-refractivity contribution in [2.24, 2.45) is 0 Å². The quantitative estimate of drug-likeness (QED) is 0.672. The molecular formula is C16H21N7O4. The Morgan fingerprint density at radius 2 is 1.85 bits per heavy atom. The summed E-state index contributed by atoms with van der Waals surface area (Å²) in [5, 5.41) is 29.7. The van der Waals surface area contributed by atoms with Crippen LogP contribution in [0.2, 0.25) is 0 Å². The van der Waals surface area contributed by atoms with E-state index in [9.17, 15) is 14.7 Å². The van der Waals surface area contributed by atoms with E-state index < -0.39 is 23.7 Å². The average Bonchev–Trinajstić information content (AvgIpc) is 2.56. The minimum absolute atomic E-state index is 0.0476. The van der Waals surface area contributed by atoms with Crippen LogP contribution >= 0.6 is 0 Å². The fraction of sp³-hybridized carbons (Fsp3) is 0.438. The van der Waals surface area contributed by atoms with Gasteiger partial charge in [-0.25, -0.2) is 14.6 Å². The van der Waals surface area contributed by atoms with E-state index in [1.54, 1.807) is 39.8 Å². The number of aliphatic carboxylic acids is 1. The molecule has 0 aliphatic rings. The predicted molar refractivity (Wildman–Crippen MR) is 94.4 cm³/mol. The van der Waals surface area contributed by atoms with Gasteiger partial charge in [-0.15, -0.1) is 20.4 Å². The first-order chi connectivity index (χ1) is 12.6. The minimum Gasteiger partial charge on any atom is -0.480 e. The van der Waals surface area contributed by atoms with Crippen LogP contribution in [0.25, 0.3) is 0 Å². The highest BCUT2D eigenvalue weighted by atomic mass is 16.6. The molecule has 3 N–H and O–H groups in total. The topological polar surface area (TPSA) is 152 Å². The molecule has 0 bridgehead atoms. The molecule has 0 aromatic carbocycles. The average molecular weight is 375 g/mol. The third kappa shape index (κ3) is 6.80. The van der Waals surface area contributed by atoms with Gasteiger partial charge < -0.3 is 20.5 Å². The highest BCUT2D eigenvalue weighted by Gasteiger charge is 2.24. The van der Waals surface area contributed by atoms with Gasteiger partial charge in [-0.1, -0.05) is 6.07 Å². The number of rotatable bonds is 6. The largest absolute Gasteiger partial charge is 0.480 e. The summed E-state index contributed by atoms with van der Waals surface area (Å²) in [5.74, 6) is -0.0941. The van der Waals surface area contributed by atoms with Crippen molar-refractivity contribution in [2.45, 2.75) is 45.8 Å². The van der Waals surface area contributed by atoms with Crippen LogP contribution in [0.3, 0.4) is 0 Å². The Balaban J connectivity index is 1.98. The standard InChI is InChI=1S/C16H21N7O4/c1-9-20-22-14(23-21-9)19-12-6-5-10(8-17-12)7-11(13(24)25)18-15(26)27-16(2,3)4/h5-6,8,11H,7H2,1-4H3,(H,18,26)(H,24,25)(H,17,19,22,23). The Bertz CT molecular complexity index is 788. The van der Waals surface area contributed by atoms with E-state index in [4.69, 9.17) is 4.74 Å². The van der Waals surface area contributed by atoms with Crippen LogP contribution in [0.4, 0.5) is 16.6 Å². The molecule has 0 saturated heterocycles. The lowest BCUT2D eigenvalue weighted by atomic mass is 10.1. The van der Waals surface area contributed by atoms with Crippen LogP contribution in [0, 0.1) is 6.92 Å². The van der Waals surface area contributed by atoms with Crippen molar-refractivity contribution < 1.29 is 19.4 Å². The normalized spacial score (nSPS) is 12.1. The number of pyridine rings is 1. The molecule has 27 heavy (non-hydrogen) atoms. The second-order valence-corrected chi connectivity index (χ2v) is 6.69. The molecule has 0 aliphatic heterocycles. The van der Waals surface area contributed by atoms with Gasteiger partial charge in [0.25, 0.3) is 5.95 Å². The molecule has 0 radical (unpaired) electrons. The smallest absolute Gasteiger partial charge is 0.408 e. The fourth-order valence-electron chi connectivity index (χ4n) is 1.95. The van der Waals surface area contributed by atoms with Crippen molar-refractivity contribution in [1.82, 2.24) is 30.7 Å². The maximum atomic E-state index is 11.8. The Morgan fingerprint density at radius 1 is 1.19 bits per heavy atom. The number of carboxylic acids is 1. The van der Waals surface area contributed by atoms with Crippen LogP contribution in [-0.2, 0) is 16.0 Å². The van der Waals surface area contributed by atoms with Crippen molar-refractivity contribution in [1.29, 1.82) is 0 Å². The van der Waals surface area contributed by atoms with Gasteiger partial charge in [-0.3, -0.25) is 0 Å². The first kappa shape index (κ1) is 19.9. The van der Waals surface area contributed by atoms with Crippen molar-refractivity contribution in [3.8, 4) is 0 Å². The van der Waals surface area contributed by atoms with Crippen molar-refractivity contribution in [3.05, 3.63) is 29.7 Å². The Labute approximate surface area is 155 Å². The summed E-state index contributed by atoms with van der Waals surface area (Å²) >= 11 is 0. The number of aromatic nitrogens is 5. The molecule has 2 aromatic rings. The van der Waals surface area contributed by atoms with Gasteiger partial charge in [-0.2, -0.15) is 0 Å².